The van der Waals surface area contributed by atoms with E-state index < -0.39 is 18.2 Å². The number of amidine groups is 1. The van der Waals surface area contributed by atoms with Gasteiger partial charge in [-0.1, -0.05) is 6.92 Å². The van der Waals surface area contributed by atoms with E-state index >= 15 is 0 Å². The van der Waals surface area contributed by atoms with Gasteiger partial charge in [-0.2, -0.15) is 12.6 Å². The number of esters is 1. The lowest BCUT2D eigenvalue weighted by Crippen LogP contribution is -2.49. The smallest absolute Gasteiger partial charge is 0.305 e. The van der Waals surface area contributed by atoms with Crippen molar-refractivity contribution in [3.63, 3.8) is 0 Å². The lowest BCUT2D eigenvalue weighted by atomic mass is 10.0. The fourth-order valence-corrected chi connectivity index (χ4v) is 2.37. The van der Waals surface area contributed by atoms with Crippen LogP contribution in [0.5, 0.6) is 0 Å². The van der Waals surface area contributed by atoms with E-state index in [-0.39, 0.29) is 43.1 Å². The molecular weight excluding hydrogens is 374 g/mol. The van der Waals surface area contributed by atoms with Gasteiger partial charge in [-0.3, -0.25) is 9.79 Å². The van der Waals surface area contributed by atoms with Gasteiger partial charge in [-0.15, -0.1) is 0 Å². The minimum Gasteiger partial charge on any atom is -0.463 e. The molecule has 0 aromatic rings. The highest BCUT2D eigenvalue weighted by Crippen LogP contribution is 2.11. The highest BCUT2D eigenvalue weighted by atomic mass is 32.1. The van der Waals surface area contributed by atoms with Gasteiger partial charge in [0, 0.05) is 38.1 Å². The maximum absolute atomic E-state index is 11.4. The van der Waals surface area contributed by atoms with Gasteiger partial charge < -0.3 is 35.8 Å². The highest BCUT2D eigenvalue weighted by Gasteiger charge is 2.28. The van der Waals surface area contributed by atoms with Crippen molar-refractivity contribution in [2.24, 2.45) is 10.7 Å². The summed E-state index contributed by atoms with van der Waals surface area (Å²) in [5.41, 5.74) is 5.76. The molecule has 0 saturated heterocycles. The average molecular weight is 408 g/mol. The third-order valence-electron chi connectivity index (χ3n) is 3.63. The van der Waals surface area contributed by atoms with Crippen LogP contribution in [0.2, 0.25) is 0 Å². The Morgan fingerprint density at radius 3 is 2.67 bits per heavy atom. The predicted molar refractivity (Wildman–Crippen MR) is 107 cm³/mol. The van der Waals surface area contributed by atoms with Crippen molar-refractivity contribution in [1.29, 1.82) is 0 Å². The molecule has 4 atom stereocenters. The Balaban J connectivity index is 4.29. The average Bonchev–Trinajstić information content (AvgIpc) is 2.62. The standard InChI is InChI=1S/C17H33N3O6S/c1-12(27)16(17(24)13(22)6-9-21)20-8-5-14(18)19-7-3-4-15(23)26-11-10-25-2/h5,8,12-13,16-17,20-22,24,27H,3-4,6-7,9-11H2,1-2H3,(H2,18,19)/b8-5-. The van der Waals surface area contributed by atoms with E-state index in [4.69, 9.17) is 20.3 Å². The van der Waals surface area contributed by atoms with Crippen molar-refractivity contribution in [2.75, 3.05) is 33.5 Å². The Labute approximate surface area is 166 Å². The number of nitrogens with two attached hydrogens (primary N) is 1. The fraction of sp³-hybridized carbons (Fsp3) is 0.765. The minimum atomic E-state index is -1.10. The van der Waals surface area contributed by atoms with Crippen LogP contribution in [0.3, 0.4) is 0 Å². The van der Waals surface area contributed by atoms with Crippen LogP contribution in [-0.4, -0.2) is 84.1 Å². The van der Waals surface area contributed by atoms with Crippen LogP contribution in [0.15, 0.2) is 17.3 Å². The molecule has 27 heavy (non-hydrogen) atoms. The summed E-state index contributed by atoms with van der Waals surface area (Å²) in [7, 11) is 1.53. The second kappa shape index (κ2) is 15.7. The first-order chi connectivity index (χ1) is 12.8. The number of rotatable bonds is 15. The molecule has 0 heterocycles. The Kier molecular flexibility index (Phi) is 14.9. The van der Waals surface area contributed by atoms with Gasteiger partial charge in [0.2, 0.25) is 0 Å². The normalized spacial score (nSPS) is 16.7. The van der Waals surface area contributed by atoms with Crippen LogP contribution in [0.25, 0.3) is 0 Å². The molecular formula is C17H33N3O6S. The van der Waals surface area contributed by atoms with E-state index in [0.29, 0.717) is 19.6 Å². The third kappa shape index (κ3) is 12.6. The summed E-state index contributed by atoms with van der Waals surface area (Å²) < 4.78 is 9.71. The van der Waals surface area contributed by atoms with Crippen molar-refractivity contribution in [2.45, 2.75) is 49.7 Å². The number of nitrogens with zero attached hydrogens (tertiary/aromatic N) is 1. The Morgan fingerprint density at radius 1 is 1.37 bits per heavy atom. The summed E-state index contributed by atoms with van der Waals surface area (Å²) in [4.78, 5) is 15.5. The number of thiol groups is 1. The van der Waals surface area contributed by atoms with Crippen LogP contribution in [0.1, 0.15) is 26.2 Å². The number of nitrogens with one attached hydrogen (secondary N) is 1. The van der Waals surface area contributed by atoms with E-state index in [1.54, 1.807) is 6.92 Å². The molecule has 0 rings (SSSR count). The molecule has 0 amide bonds. The molecule has 158 valence electrons. The second-order valence-electron chi connectivity index (χ2n) is 5.96. The molecule has 0 aliphatic heterocycles. The van der Waals surface area contributed by atoms with Crippen LogP contribution in [-0.2, 0) is 14.3 Å². The maximum atomic E-state index is 11.4. The molecule has 0 aromatic carbocycles. The number of aliphatic hydroxyl groups excluding tert-OH is 3. The summed E-state index contributed by atoms with van der Waals surface area (Å²) in [6, 6.07) is -0.541. The SMILES string of the molecule is COCCOC(=O)CCCN=C(N)/C=C\NC(C(C)S)C(O)C(O)CCO. The van der Waals surface area contributed by atoms with Crippen molar-refractivity contribution >= 4 is 24.4 Å². The quantitative estimate of drug-likeness (QED) is 0.0680. The van der Waals surface area contributed by atoms with Crippen molar-refractivity contribution in [3.8, 4) is 0 Å². The molecule has 0 aromatic heterocycles. The molecule has 10 heteroatoms. The zero-order chi connectivity index (χ0) is 20.7. The fourth-order valence-electron chi connectivity index (χ4n) is 2.11. The minimum absolute atomic E-state index is 0.0705. The molecule has 0 radical (unpaired) electrons. The number of ether oxygens (including phenoxy) is 2. The Hall–Kier alpha value is -1.33. The molecule has 0 fully saturated rings. The van der Waals surface area contributed by atoms with Gasteiger partial charge in [0.15, 0.2) is 0 Å². The largest absolute Gasteiger partial charge is 0.463 e. The van der Waals surface area contributed by atoms with Gasteiger partial charge >= 0.3 is 5.97 Å². The summed E-state index contributed by atoms with van der Waals surface area (Å²) in [5, 5.41) is 31.4. The first kappa shape index (κ1) is 25.7. The van der Waals surface area contributed by atoms with E-state index in [1.165, 1.54) is 19.4 Å². The zero-order valence-electron chi connectivity index (χ0n) is 16.0. The van der Waals surface area contributed by atoms with Gasteiger partial charge in [-0.05, 0) is 18.9 Å². The van der Waals surface area contributed by atoms with Crippen LogP contribution in [0, 0.1) is 0 Å². The van der Waals surface area contributed by atoms with E-state index in [0.717, 1.165) is 0 Å². The topological polar surface area (TPSA) is 147 Å². The molecule has 0 aliphatic carbocycles. The lowest BCUT2D eigenvalue weighted by molar-refractivity contribution is -0.144. The number of aliphatic imine (C=N–C) groups is 1. The molecule has 4 unspecified atom stereocenters. The van der Waals surface area contributed by atoms with Gasteiger partial charge in [0.05, 0.1) is 18.8 Å². The summed E-state index contributed by atoms with van der Waals surface area (Å²) in [6.45, 7) is 2.53. The number of hydrogen-bond acceptors (Lipinski definition) is 9. The second-order valence-corrected chi connectivity index (χ2v) is 6.77. The van der Waals surface area contributed by atoms with Crippen LogP contribution >= 0.6 is 12.6 Å². The monoisotopic (exact) mass is 407 g/mol. The van der Waals surface area contributed by atoms with Gasteiger partial charge in [-0.25, -0.2) is 0 Å². The highest BCUT2D eigenvalue weighted by molar-refractivity contribution is 7.81. The molecule has 6 N–H and O–H groups in total. The molecule has 0 aliphatic rings. The van der Waals surface area contributed by atoms with E-state index in [1.807, 2.05) is 0 Å². The number of methoxy groups -OCH3 is 1. The summed E-state index contributed by atoms with van der Waals surface area (Å²) in [6.07, 6.45) is 1.70. The van der Waals surface area contributed by atoms with Gasteiger partial charge in [0.25, 0.3) is 0 Å². The van der Waals surface area contributed by atoms with Gasteiger partial charge in [0.1, 0.15) is 18.5 Å². The molecule has 9 nitrogen and oxygen atoms in total. The lowest BCUT2D eigenvalue weighted by Gasteiger charge is -2.29. The van der Waals surface area contributed by atoms with Crippen molar-refractivity contribution in [3.05, 3.63) is 12.3 Å². The van der Waals surface area contributed by atoms with Crippen molar-refractivity contribution < 1.29 is 29.6 Å². The Morgan fingerprint density at radius 2 is 2.07 bits per heavy atom. The zero-order valence-corrected chi connectivity index (χ0v) is 16.8. The third-order valence-corrected chi connectivity index (χ3v) is 3.95. The summed E-state index contributed by atoms with van der Waals surface area (Å²) in [5.74, 6) is -0.0507. The first-order valence-corrected chi connectivity index (χ1v) is 9.37. The van der Waals surface area contributed by atoms with E-state index in [9.17, 15) is 15.0 Å². The number of aliphatic hydroxyl groups is 3. The predicted octanol–water partition coefficient (Wildman–Crippen LogP) is -0.792. The Bertz CT molecular complexity index is 462. The molecule has 0 saturated carbocycles. The number of carbonyl (C=O) groups is 1. The van der Waals surface area contributed by atoms with E-state index in [2.05, 4.69) is 22.9 Å². The first-order valence-electron chi connectivity index (χ1n) is 8.85. The van der Waals surface area contributed by atoms with Crippen molar-refractivity contribution in [1.82, 2.24) is 5.32 Å². The van der Waals surface area contributed by atoms with Crippen LogP contribution in [0.4, 0.5) is 0 Å². The molecule has 0 spiro atoms. The van der Waals surface area contributed by atoms with Crippen LogP contribution < -0.4 is 11.1 Å². The summed E-state index contributed by atoms with van der Waals surface area (Å²) >= 11 is 4.30. The number of carbonyl (C=O) groups excluding carboxylic acids is 1. The number of hydrogen-bond donors (Lipinski definition) is 6. The molecule has 0 bridgehead atoms. The maximum Gasteiger partial charge on any atom is 0.305 e.